The number of amides is 3. The minimum Gasteiger partial charge on any atom is -0.324 e. The molecular formula is C18H17FN4O2. The number of nitrogens with one attached hydrogen (secondary N) is 2. The third-order valence-electron chi connectivity index (χ3n) is 3.35. The normalized spacial score (nSPS) is 9.84. The van der Waals surface area contributed by atoms with Crippen LogP contribution in [-0.2, 0) is 11.3 Å². The van der Waals surface area contributed by atoms with Crippen LogP contribution in [0, 0.1) is 17.1 Å². The number of nitriles is 1. The Balaban J connectivity index is 2.05. The van der Waals surface area contributed by atoms with E-state index in [1.54, 1.807) is 25.2 Å². The molecule has 6 nitrogen and oxygen atoms in total. The molecule has 7 heteroatoms. The minimum atomic E-state index is -0.588. The Bertz CT molecular complexity index is 845. The molecule has 0 saturated carbocycles. The van der Waals surface area contributed by atoms with Crippen molar-refractivity contribution in [3.63, 3.8) is 0 Å². The number of urea groups is 1. The summed E-state index contributed by atoms with van der Waals surface area (Å²) in [4.78, 5) is 24.8. The number of halogens is 1. The summed E-state index contributed by atoms with van der Waals surface area (Å²) in [5.41, 5.74) is 1.68. The van der Waals surface area contributed by atoms with Gasteiger partial charge in [-0.1, -0.05) is 12.1 Å². The van der Waals surface area contributed by atoms with Crippen LogP contribution in [0.3, 0.4) is 0 Å². The van der Waals surface area contributed by atoms with Crippen molar-refractivity contribution >= 4 is 23.3 Å². The Morgan fingerprint density at radius 1 is 1.20 bits per heavy atom. The number of benzene rings is 2. The van der Waals surface area contributed by atoms with E-state index in [1.165, 1.54) is 24.0 Å². The van der Waals surface area contributed by atoms with Crippen molar-refractivity contribution in [2.75, 3.05) is 17.7 Å². The van der Waals surface area contributed by atoms with Gasteiger partial charge in [0.2, 0.25) is 5.91 Å². The average molecular weight is 340 g/mol. The van der Waals surface area contributed by atoms with E-state index in [2.05, 4.69) is 10.6 Å². The number of hydrogen-bond donors (Lipinski definition) is 2. The first-order chi connectivity index (χ1) is 11.9. The Kier molecular flexibility index (Phi) is 5.69. The molecule has 0 spiro atoms. The second kappa shape index (κ2) is 7.93. The Hall–Kier alpha value is -3.40. The monoisotopic (exact) mass is 340 g/mol. The van der Waals surface area contributed by atoms with Gasteiger partial charge in [-0.05, 0) is 35.9 Å². The number of carbonyl (C=O) groups is 2. The molecule has 2 aromatic rings. The smallest absolute Gasteiger partial charge is 0.321 e. The predicted molar refractivity (Wildman–Crippen MR) is 92.3 cm³/mol. The van der Waals surface area contributed by atoms with Crippen molar-refractivity contribution in [2.45, 2.75) is 13.5 Å². The summed E-state index contributed by atoms with van der Waals surface area (Å²) in [5, 5.41) is 13.9. The number of nitrogens with zero attached hydrogens (tertiary/aromatic N) is 2. The molecule has 2 aromatic carbocycles. The van der Waals surface area contributed by atoms with Gasteiger partial charge in [-0.3, -0.25) is 4.79 Å². The van der Waals surface area contributed by atoms with E-state index in [1.807, 2.05) is 12.1 Å². The lowest BCUT2D eigenvalue weighted by Crippen LogP contribution is -2.30. The van der Waals surface area contributed by atoms with Gasteiger partial charge >= 0.3 is 6.03 Å². The van der Waals surface area contributed by atoms with Crippen molar-refractivity contribution in [1.29, 1.82) is 5.26 Å². The molecule has 0 unspecified atom stereocenters. The summed E-state index contributed by atoms with van der Waals surface area (Å²) in [7, 11) is 1.60. The van der Waals surface area contributed by atoms with Gasteiger partial charge in [-0.25, -0.2) is 9.18 Å². The van der Waals surface area contributed by atoms with Gasteiger partial charge in [0.15, 0.2) is 0 Å². The molecule has 0 aliphatic heterocycles. The molecule has 2 N–H and O–H groups in total. The molecule has 0 aliphatic carbocycles. The molecule has 0 saturated heterocycles. The SMILES string of the molecule is CC(=O)Nc1cc(NC(=O)N(C)Cc2cccc(C#N)c2)ccc1F. The van der Waals surface area contributed by atoms with Crippen LogP contribution in [0.15, 0.2) is 42.5 Å². The minimum absolute atomic E-state index is 0.00493. The molecule has 25 heavy (non-hydrogen) atoms. The quantitative estimate of drug-likeness (QED) is 0.895. The van der Waals surface area contributed by atoms with Crippen LogP contribution in [-0.4, -0.2) is 23.9 Å². The highest BCUT2D eigenvalue weighted by atomic mass is 19.1. The summed E-state index contributed by atoms with van der Waals surface area (Å²) < 4.78 is 13.6. The largest absolute Gasteiger partial charge is 0.324 e. The first-order valence-electron chi connectivity index (χ1n) is 7.47. The lowest BCUT2D eigenvalue weighted by atomic mass is 10.1. The predicted octanol–water partition coefficient (Wildman–Crippen LogP) is 3.32. The van der Waals surface area contributed by atoms with Gasteiger partial charge in [0.05, 0.1) is 17.3 Å². The summed E-state index contributed by atoms with van der Waals surface area (Å²) in [6.07, 6.45) is 0. The zero-order valence-electron chi connectivity index (χ0n) is 13.8. The van der Waals surface area contributed by atoms with Gasteiger partial charge in [-0.2, -0.15) is 5.26 Å². The fraction of sp³-hybridized carbons (Fsp3) is 0.167. The van der Waals surface area contributed by atoms with Crippen molar-refractivity contribution in [3.8, 4) is 6.07 Å². The molecule has 0 fully saturated rings. The summed E-state index contributed by atoms with van der Waals surface area (Å²) >= 11 is 0. The van der Waals surface area contributed by atoms with Crippen molar-refractivity contribution < 1.29 is 14.0 Å². The van der Waals surface area contributed by atoms with Crippen LogP contribution < -0.4 is 10.6 Å². The van der Waals surface area contributed by atoms with Gasteiger partial charge < -0.3 is 15.5 Å². The molecule has 2 rings (SSSR count). The zero-order valence-corrected chi connectivity index (χ0v) is 13.8. The number of hydrogen-bond acceptors (Lipinski definition) is 3. The maximum Gasteiger partial charge on any atom is 0.321 e. The molecule has 0 atom stereocenters. The second-order valence-electron chi connectivity index (χ2n) is 5.47. The number of carbonyl (C=O) groups excluding carboxylic acids is 2. The number of anilines is 2. The lowest BCUT2D eigenvalue weighted by Gasteiger charge is -2.18. The summed E-state index contributed by atoms with van der Waals surface area (Å²) in [6.45, 7) is 1.58. The molecule has 0 aliphatic rings. The van der Waals surface area contributed by atoms with Crippen LogP contribution in [0.25, 0.3) is 0 Å². The van der Waals surface area contributed by atoms with Crippen molar-refractivity contribution in [3.05, 3.63) is 59.4 Å². The van der Waals surface area contributed by atoms with Crippen LogP contribution in [0.5, 0.6) is 0 Å². The highest BCUT2D eigenvalue weighted by molar-refractivity contribution is 5.92. The van der Waals surface area contributed by atoms with E-state index in [0.717, 1.165) is 11.6 Å². The third kappa shape index (κ3) is 5.04. The van der Waals surface area contributed by atoms with Crippen LogP contribution in [0.1, 0.15) is 18.1 Å². The Morgan fingerprint density at radius 3 is 2.64 bits per heavy atom. The van der Waals surface area contributed by atoms with Gasteiger partial charge in [0.25, 0.3) is 0 Å². The molecule has 3 amide bonds. The van der Waals surface area contributed by atoms with Crippen LogP contribution >= 0.6 is 0 Å². The second-order valence-corrected chi connectivity index (χ2v) is 5.47. The van der Waals surface area contributed by atoms with Crippen molar-refractivity contribution in [2.24, 2.45) is 0 Å². The number of rotatable bonds is 4. The van der Waals surface area contributed by atoms with Crippen LogP contribution in [0.4, 0.5) is 20.6 Å². The van der Waals surface area contributed by atoms with E-state index in [-0.39, 0.29) is 5.69 Å². The first-order valence-corrected chi connectivity index (χ1v) is 7.47. The average Bonchev–Trinajstić information content (AvgIpc) is 2.57. The first kappa shape index (κ1) is 17.9. The highest BCUT2D eigenvalue weighted by Gasteiger charge is 2.12. The highest BCUT2D eigenvalue weighted by Crippen LogP contribution is 2.20. The molecule has 0 radical (unpaired) electrons. The summed E-state index contributed by atoms with van der Waals surface area (Å²) in [5.74, 6) is -0.994. The van der Waals surface area contributed by atoms with E-state index in [9.17, 15) is 14.0 Å². The summed E-state index contributed by atoms with van der Waals surface area (Å²) in [6, 6.07) is 12.5. The standard InChI is InChI=1S/C18H17FN4O2/c1-12(24)21-17-9-15(6-7-16(17)19)22-18(25)23(2)11-14-5-3-4-13(8-14)10-20/h3-9H,11H2,1-2H3,(H,21,24)(H,22,25). The molecular weight excluding hydrogens is 323 g/mol. The molecule has 128 valence electrons. The fourth-order valence-electron chi connectivity index (χ4n) is 2.19. The van der Waals surface area contributed by atoms with Crippen molar-refractivity contribution in [1.82, 2.24) is 4.90 Å². The third-order valence-corrected chi connectivity index (χ3v) is 3.35. The fourth-order valence-corrected chi connectivity index (χ4v) is 2.19. The van der Waals surface area contributed by atoms with Gasteiger partial charge in [0, 0.05) is 26.2 Å². The molecule has 0 bridgehead atoms. The molecule has 0 heterocycles. The molecule has 0 aromatic heterocycles. The van der Waals surface area contributed by atoms with Gasteiger partial charge in [0.1, 0.15) is 5.82 Å². The Labute approximate surface area is 144 Å². The van der Waals surface area contributed by atoms with Gasteiger partial charge in [-0.15, -0.1) is 0 Å². The van der Waals surface area contributed by atoms with E-state index >= 15 is 0 Å². The van der Waals surface area contributed by atoms with E-state index < -0.39 is 17.8 Å². The maximum atomic E-state index is 13.6. The maximum absolute atomic E-state index is 13.6. The lowest BCUT2D eigenvalue weighted by molar-refractivity contribution is -0.114. The van der Waals surface area contributed by atoms with E-state index in [0.29, 0.717) is 17.8 Å². The topological polar surface area (TPSA) is 85.2 Å². The zero-order chi connectivity index (χ0) is 18.4. The Morgan fingerprint density at radius 2 is 1.96 bits per heavy atom. The van der Waals surface area contributed by atoms with Crippen LogP contribution in [0.2, 0.25) is 0 Å². The van der Waals surface area contributed by atoms with E-state index in [4.69, 9.17) is 5.26 Å².